The van der Waals surface area contributed by atoms with E-state index in [4.69, 9.17) is 4.74 Å². The van der Waals surface area contributed by atoms with Crippen molar-refractivity contribution in [3.63, 3.8) is 0 Å². The van der Waals surface area contributed by atoms with E-state index < -0.39 is 0 Å². The monoisotopic (exact) mass is 291 g/mol. The average molecular weight is 291 g/mol. The molecule has 3 heteroatoms. The Kier molecular flexibility index (Phi) is 7.44. The first kappa shape index (κ1) is 17.7. The Hall–Kier alpha value is -1.35. The zero-order chi connectivity index (χ0) is 15.8. The van der Waals surface area contributed by atoms with Crippen molar-refractivity contribution >= 4 is 5.97 Å². The van der Waals surface area contributed by atoms with E-state index >= 15 is 0 Å². The molecule has 1 rings (SSSR count). The lowest BCUT2D eigenvalue weighted by atomic mass is 9.85. The van der Waals surface area contributed by atoms with Gasteiger partial charge in [-0.3, -0.25) is 4.79 Å². The van der Waals surface area contributed by atoms with Crippen LogP contribution in [0.25, 0.3) is 0 Å². The zero-order valence-corrected chi connectivity index (χ0v) is 14.0. The smallest absolute Gasteiger partial charge is 0.309 e. The number of benzene rings is 1. The highest BCUT2D eigenvalue weighted by molar-refractivity contribution is 5.72. The molecule has 21 heavy (non-hydrogen) atoms. The highest BCUT2D eigenvalue weighted by Gasteiger charge is 2.17. The third-order valence-electron chi connectivity index (χ3n) is 4.09. The molecule has 0 amide bonds. The summed E-state index contributed by atoms with van der Waals surface area (Å²) in [7, 11) is 1.43. The summed E-state index contributed by atoms with van der Waals surface area (Å²) in [5.41, 5.74) is 2.22. The molecule has 0 unspecified atom stereocenters. The maximum Gasteiger partial charge on any atom is 0.309 e. The van der Waals surface area contributed by atoms with E-state index in [1.54, 1.807) is 0 Å². The van der Waals surface area contributed by atoms with Crippen molar-refractivity contribution in [1.29, 1.82) is 0 Å². The lowest BCUT2D eigenvalue weighted by Gasteiger charge is -2.25. The molecule has 0 fully saturated rings. The minimum absolute atomic E-state index is 0.190. The van der Waals surface area contributed by atoms with E-state index in [9.17, 15) is 4.79 Å². The number of rotatable bonds is 8. The van der Waals surface area contributed by atoms with Crippen LogP contribution in [-0.2, 0) is 22.5 Å². The van der Waals surface area contributed by atoms with Gasteiger partial charge in [0, 0.05) is 6.54 Å². The first-order chi connectivity index (χ1) is 9.95. The average Bonchev–Trinajstić information content (AvgIpc) is 2.44. The standard InChI is InChI=1S/C18H29NO2/c1-13(2)17(14(3)4)12-19-11-16-9-7-6-8-15(16)10-18(20)21-5/h6-9,13-14,17,19H,10-12H2,1-5H3. The Morgan fingerprint density at radius 2 is 1.67 bits per heavy atom. The summed E-state index contributed by atoms with van der Waals surface area (Å²) in [6.07, 6.45) is 0.339. The van der Waals surface area contributed by atoms with Gasteiger partial charge in [0.2, 0.25) is 0 Å². The SMILES string of the molecule is COC(=O)Cc1ccccc1CNCC(C(C)C)C(C)C. The maximum atomic E-state index is 11.5. The molecule has 0 saturated heterocycles. The Balaban J connectivity index is 2.61. The third-order valence-corrected chi connectivity index (χ3v) is 4.09. The summed E-state index contributed by atoms with van der Waals surface area (Å²) in [6, 6.07) is 8.05. The van der Waals surface area contributed by atoms with E-state index in [0.29, 0.717) is 24.2 Å². The Morgan fingerprint density at radius 1 is 1.10 bits per heavy atom. The van der Waals surface area contributed by atoms with Gasteiger partial charge in [-0.05, 0) is 35.4 Å². The van der Waals surface area contributed by atoms with Gasteiger partial charge in [0.05, 0.1) is 13.5 Å². The Morgan fingerprint density at radius 3 is 2.19 bits per heavy atom. The summed E-state index contributed by atoms with van der Waals surface area (Å²) in [6.45, 7) is 10.9. The van der Waals surface area contributed by atoms with Crippen molar-refractivity contribution in [1.82, 2.24) is 5.32 Å². The molecule has 1 N–H and O–H groups in total. The first-order valence-electron chi connectivity index (χ1n) is 7.80. The van der Waals surface area contributed by atoms with Gasteiger partial charge in [-0.1, -0.05) is 52.0 Å². The van der Waals surface area contributed by atoms with E-state index in [0.717, 1.165) is 18.7 Å². The number of ether oxygens (including phenoxy) is 1. The van der Waals surface area contributed by atoms with Crippen LogP contribution in [0, 0.1) is 17.8 Å². The topological polar surface area (TPSA) is 38.3 Å². The van der Waals surface area contributed by atoms with Gasteiger partial charge in [0.1, 0.15) is 0 Å². The molecule has 1 aromatic rings. The molecule has 0 radical (unpaired) electrons. The van der Waals surface area contributed by atoms with E-state index in [1.807, 2.05) is 18.2 Å². The Labute approximate surface area is 129 Å². The molecule has 0 atom stereocenters. The second kappa shape index (κ2) is 8.83. The van der Waals surface area contributed by atoms with Crippen LogP contribution in [0.1, 0.15) is 38.8 Å². The normalized spacial score (nSPS) is 11.4. The minimum atomic E-state index is -0.190. The highest BCUT2D eigenvalue weighted by atomic mass is 16.5. The molecule has 0 aromatic heterocycles. The van der Waals surface area contributed by atoms with E-state index in [-0.39, 0.29) is 5.97 Å². The zero-order valence-electron chi connectivity index (χ0n) is 14.0. The molecule has 3 nitrogen and oxygen atoms in total. The minimum Gasteiger partial charge on any atom is -0.469 e. The van der Waals surface area contributed by atoms with Crippen molar-refractivity contribution in [2.45, 2.75) is 40.7 Å². The summed E-state index contributed by atoms with van der Waals surface area (Å²) in [4.78, 5) is 11.5. The molecule has 0 aliphatic rings. The molecule has 118 valence electrons. The molecule has 0 aliphatic heterocycles. The van der Waals surface area contributed by atoms with Crippen LogP contribution in [0.5, 0.6) is 0 Å². The van der Waals surface area contributed by atoms with Crippen molar-refractivity contribution in [3.05, 3.63) is 35.4 Å². The van der Waals surface area contributed by atoms with Gasteiger partial charge in [0.25, 0.3) is 0 Å². The predicted molar refractivity (Wildman–Crippen MR) is 87.0 cm³/mol. The number of carbonyl (C=O) groups excluding carboxylic acids is 1. The number of nitrogens with one attached hydrogen (secondary N) is 1. The largest absolute Gasteiger partial charge is 0.469 e. The van der Waals surface area contributed by atoms with Gasteiger partial charge in [-0.2, -0.15) is 0 Å². The quantitative estimate of drug-likeness (QED) is 0.746. The fourth-order valence-electron chi connectivity index (χ4n) is 2.74. The highest BCUT2D eigenvalue weighted by Crippen LogP contribution is 2.19. The van der Waals surface area contributed by atoms with Crippen LogP contribution in [0.15, 0.2) is 24.3 Å². The second-order valence-corrected chi connectivity index (χ2v) is 6.30. The van der Waals surface area contributed by atoms with Crippen molar-refractivity contribution in [2.24, 2.45) is 17.8 Å². The molecule has 1 aromatic carbocycles. The summed E-state index contributed by atoms with van der Waals surface area (Å²) >= 11 is 0. The van der Waals surface area contributed by atoms with Crippen molar-refractivity contribution in [3.8, 4) is 0 Å². The van der Waals surface area contributed by atoms with E-state index in [1.165, 1.54) is 12.7 Å². The van der Waals surface area contributed by atoms with Crippen LogP contribution in [0.3, 0.4) is 0 Å². The number of hydrogen-bond acceptors (Lipinski definition) is 3. The van der Waals surface area contributed by atoms with Gasteiger partial charge in [0.15, 0.2) is 0 Å². The second-order valence-electron chi connectivity index (χ2n) is 6.30. The number of hydrogen-bond donors (Lipinski definition) is 1. The van der Waals surface area contributed by atoms with Crippen LogP contribution in [-0.4, -0.2) is 19.6 Å². The lowest BCUT2D eigenvalue weighted by molar-refractivity contribution is -0.139. The fourth-order valence-corrected chi connectivity index (χ4v) is 2.74. The summed E-state index contributed by atoms with van der Waals surface area (Å²) in [5, 5.41) is 3.54. The summed E-state index contributed by atoms with van der Waals surface area (Å²) < 4.78 is 4.76. The van der Waals surface area contributed by atoms with Crippen LogP contribution < -0.4 is 5.32 Å². The molecule has 0 spiro atoms. The maximum absolute atomic E-state index is 11.5. The molecule has 0 saturated carbocycles. The summed E-state index contributed by atoms with van der Waals surface area (Å²) in [5.74, 6) is 1.81. The van der Waals surface area contributed by atoms with Gasteiger partial charge in [-0.25, -0.2) is 0 Å². The number of esters is 1. The van der Waals surface area contributed by atoms with Crippen LogP contribution in [0.2, 0.25) is 0 Å². The van der Waals surface area contributed by atoms with Crippen LogP contribution >= 0.6 is 0 Å². The van der Waals surface area contributed by atoms with Crippen molar-refractivity contribution < 1.29 is 9.53 Å². The molecular formula is C18H29NO2. The van der Waals surface area contributed by atoms with Gasteiger partial charge >= 0.3 is 5.97 Å². The number of methoxy groups -OCH3 is 1. The fraction of sp³-hybridized carbons (Fsp3) is 0.611. The Bertz CT molecular complexity index is 433. The predicted octanol–water partition coefficient (Wildman–Crippen LogP) is 3.42. The van der Waals surface area contributed by atoms with Gasteiger partial charge < -0.3 is 10.1 Å². The first-order valence-corrected chi connectivity index (χ1v) is 7.80. The lowest BCUT2D eigenvalue weighted by Crippen LogP contribution is -2.29. The molecular weight excluding hydrogens is 262 g/mol. The van der Waals surface area contributed by atoms with E-state index in [2.05, 4.69) is 39.1 Å². The molecule has 0 heterocycles. The molecule has 0 bridgehead atoms. The third kappa shape index (κ3) is 5.88. The number of carbonyl (C=O) groups is 1. The van der Waals surface area contributed by atoms with Gasteiger partial charge in [-0.15, -0.1) is 0 Å². The van der Waals surface area contributed by atoms with Crippen LogP contribution in [0.4, 0.5) is 0 Å². The van der Waals surface area contributed by atoms with Crippen molar-refractivity contribution in [2.75, 3.05) is 13.7 Å². The molecule has 0 aliphatic carbocycles.